The first kappa shape index (κ1) is 12.1. The highest BCUT2D eigenvalue weighted by Crippen LogP contribution is 2.30. The second-order valence-electron chi connectivity index (χ2n) is 5.47. The van der Waals surface area contributed by atoms with E-state index in [9.17, 15) is 0 Å². The maximum atomic E-state index is 4.34. The molecule has 2 aromatic rings. The molecule has 1 heterocycles. The third-order valence-electron chi connectivity index (χ3n) is 3.62. The first-order chi connectivity index (χ1) is 8.04. The van der Waals surface area contributed by atoms with Gasteiger partial charge in [-0.25, -0.2) is 0 Å². The van der Waals surface area contributed by atoms with Crippen LogP contribution in [0.5, 0.6) is 0 Å². The van der Waals surface area contributed by atoms with Crippen molar-refractivity contribution in [2.45, 2.75) is 46.0 Å². The Bertz CT molecular complexity index is 526. The molecule has 0 amide bonds. The molecule has 0 bridgehead atoms. The summed E-state index contributed by atoms with van der Waals surface area (Å²) in [6.45, 7) is 8.97. The highest BCUT2D eigenvalue weighted by Gasteiger charge is 2.19. The van der Waals surface area contributed by atoms with Gasteiger partial charge >= 0.3 is 0 Å². The third kappa shape index (κ3) is 2.33. The van der Waals surface area contributed by atoms with Crippen molar-refractivity contribution >= 4 is 10.8 Å². The Morgan fingerprint density at radius 1 is 1.18 bits per heavy atom. The van der Waals surface area contributed by atoms with Crippen molar-refractivity contribution in [2.75, 3.05) is 0 Å². The van der Waals surface area contributed by atoms with Gasteiger partial charge in [0, 0.05) is 17.3 Å². The molecule has 1 heteroatoms. The topological polar surface area (TPSA) is 12.9 Å². The lowest BCUT2D eigenvalue weighted by Gasteiger charge is -2.25. The van der Waals surface area contributed by atoms with Gasteiger partial charge in [0.2, 0.25) is 0 Å². The molecule has 0 aliphatic rings. The average molecular weight is 227 g/mol. The molecule has 0 radical (unpaired) electrons. The van der Waals surface area contributed by atoms with Gasteiger partial charge in [0.15, 0.2) is 0 Å². The zero-order valence-corrected chi connectivity index (χ0v) is 11.2. The second kappa shape index (κ2) is 4.48. The summed E-state index contributed by atoms with van der Waals surface area (Å²) in [5.74, 6) is 0. The van der Waals surface area contributed by atoms with Gasteiger partial charge in [-0.15, -0.1) is 0 Å². The highest BCUT2D eigenvalue weighted by molar-refractivity contribution is 5.85. The van der Waals surface area contributed by atoms with Gasteiger partial charge < -0.3 is 0 Å². The number of aryl methyl sites for hydroxylation is 1. The van der Waals surface area contributed by atoms with Gasteiger partial charge in [-0.3, -0.25) is 4.98 Å². The molecule has 2 rings (SSSR count). The van der Waals surface area contributed by atoms with Crippen molar-refractivity contribution in [3.8, 4) is 0 Å². The number of aromatic nitrogens is 1. The molecule has 0 spiro atoms. The van der Waals surface area contributed by atoms with E-state index in [-0.39, 0.29) is 5.41 Å². The summed E-state index contributed by atoms with van der Waals surface area (Å²) in [6, 6.07) is 8.89. The molecule has 90 valence electrons. The lowest BCUT2D eigenvalue weighted by Crippen LogP contribution is -2.16. The number of hydrogen-bond donors (Lipinski definition) is 0. The Morgan fingerprint density at radius 2 is 1.94 bits per heavy atom. The van der Waals surface area contributed by atoms with Crippen molar-refractivity contribution in [1.82, 2.24) is 4.98 Å². The van der Waals surface area contributed by atoms with Crippen LogP contribution in [0.4, 0.5) is 0 Å². The van der Waals surface area contributed by atoms with E-state index in [1.54, 1.807) is 0 Å². The van der Waals surface area contributed by atoms with Crippen LogP contribution < -0.4 is 0 Å². The molecule has 1 nitrogen and oxygen atoms in total. The molecule has 1 aromatic heterocycles. The summed E-state index contributed by atoms with van der Waals surface area (Å²) in [6.07, 6.45) is 4.34. The zero-order valence-electron chi connectivity index (χ0n) is 11.2. The van der Waals surface area contributed by atoms with E-state index < -0.39 is 0 Å². The highest BCUT2D eigenvalue weighted by atomic mass is 14.7. The predicted octanol–water partition coefficient (Wildman–Crippen LogP) is 4.62. The molecule has 0 aliphatic carbocycles. The number of rotatable bonds is 3. The van der Waals surface area contributed by atoms with Crippen molar-refractivity contribution in [3.63, 3.8) is 0 Å². The standard InChI is InChI=1S/C16H21N/c1-5-9-16(3,4)14-6-7-15-12(2)17-10-8-13(15)11-14/h6-8,10-11H,5,9H2,1-4H3. The molecule has 0 fully saturated rings. The minimum atomic E-state index is 0.264. The lowest BCUT2D eigenvalue weighted by molar-refractivity contribution is 0.473. The third-order valence-corrected chi connectivity index (χ3v) is 3.62. The maximum absolute atomic E-state index is 4.34. The summed E-state index contributed by atoms with van der Waals surface area (Å²) in [5, 5.41) is 2.57. The molecular weight excluding hydrogens is 206 g/mol. The Morgan fingerprint density at radius 3 is 2.65 bits per heavy atom. The van der Waals surface area contributed by atoms with E-state index in [1.165, 1.54) is 29.2 Å². The summed E-state index contributed by atoms with van der Waals surface area (Å²) >= 11 is 0. The van der Waals surface area contributed by atoms with Crippen molar-refractivity contribution < 1.29 is 0 Å². The maximum Gasteiger partial charge on any atom is 0.0450 e. The largest absolute Gasteiger partial charge is 0.261 e. The summed E-state index contributed by atoms with van der Waals surface area (Å²) < 4.78 is 0. The summed E-state index contributed by atoms with van der Waals surface area (Å²) in [4.78, 5) is 4.34. The van der Waals surface area contributed by atoms with Crippen LogP contribution in [0.25, 0.3) is 10.8 Å². The van der Waals surface area contributed by atoms with Gasteiger partial charge in [-0.05, 0) is 35.8 Å². The Hall–Kier alpha value is -1.37. The normalized spacial score (nSPS) is 12.0. The first-order valence-electron chi connectivity index (χ1n) is 6.40. The average Bonchev–Trinajstić information content (AvgIpc) is 2.29. The van der Waals surface area contributed by atoms with Crippen molar-refractivity contribution in [1.29, 1.82) is 0 Å². The Kier molecular flexibility index (Phi) is 3.19. The molecular formula is C16H21N. The van der Waals surface area contributed by atoms with Crippen molar-refractivity contribution in [2.24, 2.45) is 0 Å². The molecule has 0 N–H and O–H groups in total. The van der Waals surface area contributed by atoms with E-state index >= 15 is 0 Å². The molecule has 1 aromatic carbocycles. The quantitative estimate of drug-likeness (QED) is 0.745. The van der Waals surface area contributed by atoms with Gasteiger partial charge in [-0.2, -0.15) is 0 Å². The first-order valence-corrected chi connectivity index (χ1v) is 6.40. The van der Waals surface area contributed by atoms with Crippen molar-refractivity contribution in [3.05, 3.63) is 41.7 Å². The number of hydrogen-bond acceptors (Lipinski definition) is 1. The number of fused-ring (bicyclic) bond motifs is 1. The molecule has 0 aliphatic heterocycles. The van der Waals surface area contributed by atoms with Crippen LogP contribution in [0.3, 0.4) is 0 Å². The second-order valence-corrected chi connectivity index (χ2v) is 5.47. The van der Waals surface area contributed by atoms with Gasteiger partial charge in [0.1, 0.15) is 0 Å². The predicted molar refractivity (Wildman–Crippen MR) is 74.4 cm³/mol. The minimum absolute atomic E-state index is 0.264. The smallest absolute Gasteiger partial charge is 0.0450 e. The van der Waals surface area contributed by atoms with Crippen LogP contribution in [0.2, 0.25) is 0 Å². The fourth-order valence-electron chi connectivity index (χ4n) is 2.52. The van der Waals surface area contributed by atoms with Crippen LogP contribution in [-0.4, -0.2) is 4.98 Å². The lowest BCUT2D eigenvalue weighted by atomic mass is 9.80. The van der Waals surface area contributed by atoms with E-state index in [0.717, 1.165) is 5.69 Å². The monoisotopic (exact) mass is 227 g/mol. The van der Waals surface area contributed by atoms with Crippen LogP contribution in [0, 0.1) is 6.92 Å². The number of pyridine rings is 1. The SMILES string of the molecule is CCCC(C)(C)c1ccc2c(C)nccc2c1. The van der Waals surface area contributed by atoms with Gasteiger partial charge in [0.05, 0.1) is 0 Å². The molecule has 0 saturated carbocycles. The van der Waals surface area contributed by atoms with Gasteiger partial charge in [-0.1, -0.05) is 45.4 Å². The minimum Gasteiger partial charge on any atom is -0.261 e. The van der Waals surface area contributed by atoms with E-state index in [2.05, 4.69) is 56.9 Å². The Balaban J connectivity index is 2.52. The molecule has 0 saturated heterocycles. The van der Waals surface area contributed by atoms with E-state index in [0.29, 0.717) is 0 Å². The van der Waals surface area contributed by atoms with Crippen LogP contribution in [0.1, 0.15) is 44.9 Å². The van der Waals surface area contributed by atoms with Crippen LogP contribution >= 0.6 is 0 Å². The summed E-state index contributed by atoms with van der Waals surface area (Å²) in [5.41, 5.74) is 2.81. The van der Waals surface area contributed by atoms with Gasteiger partial charge in [0.25, 0.3) is 0 Å². The van der Waals surface area contributed by atoms with E-state index in [1.807, 2.05) is 6.20 Å². The van der Waals surface area contributed by atoms with Crippen LogP contribution in [-0.2, 0) is 5.41 Å². The summed E-state index contributed by atoms with van der Waals surface area (Å²) in [7, 11) is 0. The van der Waals surface area contributed by atoms with Crippen LogP contribution in [0.15, 0.2) is 30.5 Å². The zero-order chi connectivity index (χ0) is 12.5. The Labute approximate surface area is 104 Å². The molecule has 0 atom stereocenters. The molecule has 17 heavy (non-hydrogen) atoms. The fraction of sp³-hybridized carbons (Fsp3) is 0.438. The number of nitrogens with zero attached hydrogens (tertiary/aromatic N) is 1. The van der Waals surface area contributed by atoms with E-state index in [4.69, 9.17) is 0 Å². The fourth-order valence-corrected chi connectivity index (χ4v) is 2.52. The molecule has 0 unspecified atom stereocenters. The number of benzene rings is 1.